The Kier molecular flexibility index (Phi) is 3.60. The molecule has 124 valence electrons. The van der Waals surface area contributed by atoms with E-state index >= 15 is 0 Å². The Morgan fingerprint density at radius 2 is 1.08 bits per heavy atom. The van der Waals surface area contributed by atoms with E-state index in [9.17, 15) is 0 Å². The number of allylic oxidation sites excluding steroid dienone is 4. The average molecular weight is 334 g/mol. The van der Waals surface area contributed by atoms with E-state index < -0.39 is 0 Å². The number of rotatable bonds is 0. The van der Waals surface area contributed by atoms with Crippen LogP contribution in [0.5, 0.6) is 0 Å². The third-order valence-electron chi connectivity index (χ3n) is 4.74. The van der Waals surface area contributed by atoms with Gasteiger partial charge in [0.15, 0.2) is 0 Å². The molecule has 5 rings (SSSR count). The number of nitrogens with zero attached hydrogens (tertiary/aromatic N) is 2. The Bertz CT molecular complexity index is 987. The molecule has 2 nitrogen and oxygen atoms in total. The summed E-state index contributed by atoms with van der Waals surface area (Å²) in [6.45, 7) is 0. The van der Waals surface area contributed by atoms with Crippen LogP contribution in [0.2, 0.25) is 0 Å². The van der Waals surface area contributed by atoms with E-state index in [0.29, 0.717) is 0 Å². The third kappa shape index (κ3) is 3.14. The molecular formula is C24H18N2. The second kappa shape index (κ2) is 6.23. The summed E-state index contributed by atoms with van der Waals surface area (Å²) in [5.74, 6) is 0. The van der Waals surface area contributed by atoms with E-state index in [1.54, 1.807) is 0 Å². The molecule has 2 aromatic rings. The molecule has 0 saturated heterocycles. The highest BCUT2D eigenvalue weighted by Crippen LogP contribution is 2.21. The SMILES string of the molecule is C1=C/C2=C/c3cccc(c3)CC3=N/C(=C\c4cccc(c4)CC1=N2)C=C3. The number of aliphatic imine (C=N–C) groups is 2. The minimum Gasteiger partial charge on any atom is -0.253 e. The molecule has 0 spiro atoms. The lowest BCUT2D eigenvalue weighted by atomic mass is 10.0. The van der Waals surface area contributed by atoms with Crippen molar-refractivity contribution in [2.45, 2.75) is 12.8 Å². The predicted octanol–water partition coefficient (Wildman–Crippen LogP) is 5.19. The fraction of sp³-hybridized carbons (Fsp3) is 0.0833. The molecule has 0 amide bonds. The van der Waals surface area contributed by atoms with Crippen molar-refractivity contribution in [2.24, 2.45) is 9.98 Å². The standard InChI is InChI=1S/C24H18N2/c1-3-17-11-18(4-1)14-22-8-10-24(26-22)16-20-6-2-5-19(12-20)15-23-9-7-21(13-17)25-23/h1-13,16H,14-15H2/b21-13-,24-16-. The van der Waals surface area contributed by atoms with Gasteiger partial charge in [0.1, 0.15) is 0 Å². The second-order valence-corrected chi connectivity index (χ2v) is 6.85. The Morgan fingerprint density at radius 3 is 1.58 bits per heavy atom. The van der Waals surface area contributed by atoms with Gasteiger partial charge >= 0.3 is 0 Å². The van der Waals surface area contributed by atoms with Gasteiger partial charge in [-0.05, 0) is 58.7 Å². The van der Waals surface area contributed by atoms with Crippen LogP contribution in [0.15, 0.2) is 94.2 Å². The van der Waals surface area contributed by atoms with Gasteiger partial charge in [-0.15, -0.1) is 0 Å². The van der Waals surface area contributed by atoms with E-state index in [1.807, 2.05) is 0 Å². The molecule has 3 heterocycles. The highest BCUT2D eigenvalue weighted by Gasteiger charge is 2.09. The van der Waals surface area contributed by atoms with Gasteiger partial charge in [-0.2, -0.15) is 0 Å². The zero-order valence-corrected chi connectivity index (χ0v) is 14.4. The summed E-state index contributed by atoms with van der Waals surface area (Å²) in [5, 5.41) is 0. The summed E-state index contributed by atoms with van der Waals surface area (Å²) >= 11 is 0. The Hall–Kier alpha value is -3.26. The van der Waals surface area contributed by atoms with Crippen molar-refractivity contribution < 1.29 is 0 Å². The maximum Gasteiger partial charge on any atom is 0.0639 e. The number of hydrogen-bond acceptors (Lipinski definition) is 2. The van der Waals surface area contributed by atoms with Crippen LogP contribution < -0.4 is 0 Å². The molecule has 26 heavy (non-hydrogen) atoms. The molecular weight excluding hydrogens is 316 g/mol. The van der Waals surface area contributed by atoms with E-state index in [4.69, 9.17) is 9.98 Å². The quantitative estimate of drug-likeness (QED) is 0.633. The first-order valence-electron chi connectivity index (χ1n) is 8.93. The lowest BCUT2D eigenvalue weighted by Crippen LogP contribution is -1.98. The topological polar surface area (TPSA) is 24.7 Å². The fourth-order valence-corrected chi connectivity index (χ4v) is 3.55. The van der Waals surface area contributed by atoms with Crippen LogP contribution in [-0.2, 0) is 12.8 Å². The monoisotopic (exact) mass is 334 g/mol. The summed E-state index contributed by atoms with van der Waals surface area (Å²) in [6.07, 6.45) is 14.4. The number of hydrogen-bond donors (Lipinski definition) is 0. The smallest absolute Gasteiger partial charge is 0.0639 e. The van der Waals surface area contributed by atoms with E-state index in [2.05, 4.69) is 85.0 Å². The van der Waals surface area contributed by atoms with Crippen molar-refractivity contribution >= 4 is 23.6 Å². The normalized spacial score (nSPS) is 21.5. The fourth-order valence-electron chi connectivity index (χ4n) is 3.55. The first-order valence-corrected chi connectivity index (χ1v) is 8.93. The van der Waals surface area contributed by atoms with Gasteiger partial charge in [-0.3, -0.25) is 9.98 Å². The predicted molar refractivity (Wildman–Crippen MR) is 109 cm³/mol. The number of fused-ring (bicyclic) bond motifs is 6. The maximum absolute atomic E-state index is 4.78. The van der Waals surface area contributed by atoms with E-state index in [0.717, 1.165) is 35.7 Å². The van der Waals surface area contributed by atoms with Crippen molar-refractivity contribution in [3.63, 3.8) is 0 Å². The van der Waals surface area contributed by atoms with Crippen LogP contribution in [0.1, 0.15) is 22.3 Å². The van der Waals surface area contributed by atoms with Crippen molar-refractivity contribution in [1.29, 1.82) is 0 Å². The van der Waals surface area contributed by atoms with Crippen molar-refractivity contribution in [3.05, 3.63) is 106 Å². The molecule has 8 bridgehead atoms. The summed E-state index contributed by atoms with van der Waals surface area (Å²) in [6, 6.07) is 17.2. The molecule has 3 aliphatic rings. The molecule has 0 radical (unpaired) electrons. The first kappa shape index (κ1) is 15.0. The van der Waals surface area contributed by atoms with Crippen molar-refractivity contribution in [3.8, 4) is 0 Å². The van der Waals surface area contributed by atoms with Crippen LogP contribution in [0, 0.1) is 0 Å². The van der Waals surface area contributed by atoms with Gasteiger partial charge in [0.05, 0.1) is 11.4 Å². The highest BCUT2D eigenvalue weighted by molar-refractivity contribution is 6.01. The van der Waals surface area contributed by atoms with Gasteiger partial charge in [-0.1, -0.05) is 48.5 Å². The van der Waals surface area contributed by atoms with Gasteiger partial charge in [-0.25, -0.2) is 0 Å². The average Bonchev–Trinajstić information content (AvgIpc) is 3.24. The van der Waals surface area contributed by atoms with E-state index in [-0.39, 0.29) is 0 Å². The van der Waals surface area contributed by atoms with Crippen LogP contribution in [-0.4, -0.2) is 11.4 Å². The van der Waals surface area contributed by atoms with Crippen LogP contribution in [0.4, 0.5) is 0 Å². The van der Waals surface area contributed by atoms with Gasteiger partial charge in [0.25, 0.3) is 0 Å². The summed E-state index contributed by atoms with van der Waals surface area (Å²) < 4.78 is 0. The maximum atomic E-state index is 4.78. The molecule has 0 fully saturated rings. The van der Waals surface area contributed by atoms with E-state index in [1.165, 1.54) is 22.3 Å². The zero-order chi connectivity index (χ0) is 17.3. The molecule has 0 unspecified atom stereocenters. The third-order valence-corrected chi connectivity index (χ3v) is 4.74. The Labute approximate surface area is 153 Å². The lowest BCUT2D eigenvalue weighted by molar-refractivity contribution is 1.30. The van der Waals surface area contributed by atoms with Gasteiger partial charge in [0.2, 0.25) is 0 Å². The van der Waals surface area contributed by atoms with Crippen LogP contribution >= 0.6 is 0 Å². The molecule has 0 saturated carbocycles. The summed E-state index contributed by atoms with van der Waals surface area (Å²) in [7, 11) is 0. The van der Waals surface area contributed by atoms with Gasteiger partial charge in [0, 0.05) is 24.3 Å². The molecule has 2 aromatic carbocycles. The van der Waals surface area contributed by atoms with Crippen LogP contribution in [0.3, 0.4) is 0 Å². The lowest BCUT2D eigenvalue weighted by Gasteiger charge is -2.04. The summed E-state index contributed by atoms with van der Waals surface area (Å²) in [4.78, 5) is 9.56. The van der Waals surface area contributed by atoms with Gasteiger partial charge < -0.3 is 0 Å². The minimum atomic E-state index is 0.843. The molecule has 3 aliphatic heterocycles. The summed E-state index contributed by atoms with van der Waals surface area (Å²) in [5.41, 5.74) is 9.13. The first-order chi connectivity index (χ1) is 12.8. The zero-order valence-electron chi connectivity index (χ0n) is 14.4. The molecule has 2 heteroatoms. The molecule has 0 aromatic heterocycles. The van der Waals surface area contributed by atoms with Crippen molar-refractivity contribution in [2.75, 3.05) is 0 Å². The highest BCUT2D eigenvalue weighted by atomic mass is 14.8. The van der Waals surface area contributed by atoms with Crippen LogP contribution in [0.25, 0.3) is 12.2 Å². The Balaban J connectivity index is 1.62. The molecule has 0 atom stereocenters. The molecule has 0 N–H and O–H groups in total. The molecule has 0 aliphatic carbocycles. The largest absolute Gasteiger partial charge is 0.253 e. The Morgan fingerprint density at radius 1 is 0.577 bits per heavy atom. The van der Waals surface area contributed by atoms with Crippen molar-refractivity contribution in [1.82, 2.24) is 0 Å². The second-order valence-electron chi connectivity index (χ2n) is 6.85. The number of benzene rings is 2. The minimum absolute atomic E-state index is 0.843.